The number of aliphatic hydroxyl groups excluding tert-OH is 1. The number of thiophene rings is 1. The summed E-state index contributed by atoms with van der Waals surface area (Å²) in [5.74, 6) is 0. The highest BCUT2D eigenvalue weighted by molar-refractivity contribution is 7.10. The van der Waals surface area contributed by atoms with E-state index in [2.05, 4.69) is 29.8 Å². The fourth-order valence-corrected chi connectivity index (χ4v) is 2.16. The normalized spacial score (nSPS) is 15.6. The minimum absolute atomic E-state index is 0.173. The molecule has 74 valence electrons. The lowest BCUT2D eigenvalue weighted by Gasteiger charge is -2.19. The Labute approximate surface area is 83.6 Å². The Kier molecular flexibility index (Phi) is 4.42. The van der Waals surface area contributed by atoms with E-state index in [-0.39, 0.29) is 12.6 Å². The molecular weight excluding hydrogens is 182 g/mol. The fraction of sp³-hybridized carbons (Fsp3) is 0.600. The van der Waals surface area contributed by atoms with Crippen molar-refractivity contribution in [3.05, 3.63) is 22.4 Å². The van der Waals surface area contributed by atoms with Gasteiger partial charge in [0.15, 0.2) is 0 Å². The second-order valence-corrected chi connectivity index (χ2v) is 4.21. The van der Waals surface area contributed by atoms with Gasteiger partial charge in [-0.25, -0.2) is 0 Å². The molecule has 0 saturated carbocycles. The molecule has 0 aromatic carbocycles. The molecule has 0 aliphatic carbocycles. The summed E-state index contributed by atoms with van der Waals surface area (Å²) in [5.41, 5.74) is 0. The summed E-state index contributed by atoms with van der Waals surface area (Å²) in [7, 11) is 0. The van der Waals surface area contributed by atoms with Crippen LogP contribution in [0.2, 0.25) is 0 Å². The first-order chi connectivity index (χ1) is 6.27. The van der Waals surface area contributed by atoms with Gasteiger partial charge in [0.2, 0.25) is 0 Å². The van der Waals surface area contributed by atoms with Crippen LogP contribution in [0.5, 0.6) is 0 Å². The largest absolute Gasteiger partial charge is 0.395 e. The third-order valence-corrected chi connectivity index (χ3v) is 3.04. The Morgan fingerprint density at radius 1 is 1.62 bits per heavy atom. The molecule has 0 amide bonds. The molecule has 1 aromatic rings. The van der Waals surface area contributed by atoms with E-state index < -0.39 is 0 Å². The van der Waals surface area contributed by atoms with Crippen molar-refractivity contribution in [2.75, 3.05) is 6.61 Å². The van der Waals surface area contributed by atoms with Gasteiger partial charge in [-0.1, -0.05) is 13.0 Å². The van der Waals surface area contributed by atoms with E-state index in [0.29, 0.717) is 6.04 Å². The van der Waals surface area contributed by atoms with Gasteiger partial charge in [-0.05, 0) is 24.8 Å². The zero-order valence-corrected chi connectivity index (χ0v) is 8.97. The average molecular weight is 199 g/mol. The van der Waals surface area contributed by atoms with Crippen LogP contribution in [0.15, 0.2) is 17.5 Å². The Morgan fingerprint density at radius 3 is 2.85 bits per heavy atom. The van der Waals surface area contributed by atoms with E-state index >= 15 is 0 Å². The van der Waals surface area contributed by atoms with Crippen LogP contribution in [0.25, 0.3) is 0 Å². The van der Waals surface area contributed by atoms with E-state index in [4.69, 9.17) is 5.11 Å². The minimum atomic E-state index is 0.173. The molecular formula is C10H17NOS. The van der Waals surface area contributed by atoms with E-state index in [9.17, 15) is 0 Å². The van der Waals surface area contributed by atoms with Crippen LogP contribution in [0.3, 0.4) is 0 Å². The van der Waals surface area contributed by atoms with Gasteiger partial charge in [-0.15, -0.1) is 11.3 Å². The predicted molar refractivity (Wildman–Crippen MR) is 57.0 cm³/mol. The third kappa shape index (κ3) is 3.10. The quantitative estimate of drug-likeness (QED) is 0.761. The van der Waals surface area contributed by atoms with Crippen molar-refractivity contribution in [2.45, 2.75) is 32.4 Å². The highest BCUT2D eigenvalue weighted by Gasteiger charge is 2.11. The van der Waals surface area contributed by atoms with Gasteiger partial charge in [0.05, 0.1) is 6.61 Å². The predicted octanol–water partition coefficient (Wildman–Crippen LogP) is 2.17. The van der Waals surface area contributed by atoms with Gasteiger partial charge in [-0.3, -0.25) is 0 Å². The molecule has 0 fully saturated rings. The van der Waals surface area contributed by atoms with Crippen molar-refractivity contribution in [1.82, 2.24) is 5.32 Å². The maximum Gasteiger partial charge on any atom is 0.0582 e. The van der Waals surface area contributed by atoms with E-state index in [1.54, 1.807) is 11.3 Å². The number of hydrogen-bond donors (Lipinski definition) is 2. The summed E-state index contributed by atoms with van der Waals surface area (Å²) in [6.45, 7) is 4.35. The van der Waals surface area contributed by atoms with Crippen molar-refractivity contribution in [3.63, 3.8) is 0 Å². The first-order valence-corrected chi connectivity index (χ1v) is 5.56. The van der Waals surface area contributed by atoms with Crippen LogP contribution in [0.1, 0.15) is 31.2 Å². The third-order valence-electron chi connectivity index (χ3n) is 2.05. The van der Waals surface area contributed by atoms with E-state index in [1.807, 2.05) is 6.92 Å². The molecule has 0 aliphatic rings. The van der Waals surface area contributed by atoms with Crippen molar-refractivity contribution in [2.24, 2.45) is 0 Å². The highest BCUT2D eigenvalue weighted by Crippen LogP contribution is 2.21. The van der Waals surface area contributed by atoms with Crippen molar-refractivity contribution >= 4 is 11.3 Å². The maximum absolute atomic E-state index is 8.92. The number of aliphatic hydroxyl groups is 1. The zero-order chi connectivity index (χ0) is 9.68. The number of rotatable bonds is 5. The molecule has 1 heterocycles. The summed E-state index contributed by atoms with van der Waals surface area (Å²) >= 11 is 1.76. The van der Waals surface area contributed by atoms with Gasteiger partial charge in [0.1, 0.15) is 0 Å². The summed E-state index contributed by atoms with van der Waals surface area (Å²) in [6.07, 6.45) is 1.06. The molecule has 1 aromatic heterocycles. The summed E-state index contributed by atoms with van der Waals surface area (Å²) in [5, 5.41) is 14.4. The first-order valence-electron chi connectivity index (χ1n) is 4.68. The molecule has 0 saturated heterocycles. The highest BCUT2D eigenvalue weighted by atomic mass is 32.1. The molecule has 13 heavy (non-hydrogen) atoms. The first kappa shape index (κ1) is 10.7. The van der Waals surface area contributed by atoms with Gasteiger partial charge < -0.3 is 10.4 Å². The van der Waals surface area contributed by atoms with Crippen LogP contribution in [0.4, 0.5) is 0 Å². The Morgan fingerprint density at radius 2 is 2.38 bits per heavy atom. The Hall–Kier alpha value is -0.380. The average Bonchev–Trinajstić information content (AvgIpc) is 2.66. The van der Waals surface area contributed by atoms with Crippen LogP contribution in [-0.4, -0.2) is 17.8 Å². The van der Waals surface area contributed by atoms with E-state index in [1.165, 1.54) is 4.88 Å². The van der Waals surface area contributed by atoms with Crippen LogP contribution >= 0.6 is 11.3 Å². The Balaban J connectivity index is 2.53. The lowest BCUT2D eigenvalue weighted by atomic mass is 10.1. The molecule has 0 radical (unpaired) electrons. The monoisotopic (exact) mass is 199 g/mol. The minimum Gasteiger partial charge on any atom is -0.395 e. The fourth-order valence-electron chi connectivity index (χ4n) is 1.29. The molecule has 0 spiro atoms. The van der Waals surface area contributed by atoms with E-state index in [0.717, 1.165) is 6.42 Å². The van der Waals surface area contributed by atoms with Gasteiger partial charge in [0, 0.05) is 17.0 Å². The number of nitrogens with one attached hydrogen (secondary N) is 1. The molecule has 2 N–H and O–H groups in total. The summed E-state index contributed by atoms with van der Waals surface area (Å²) in [4.78, 5) is 1.35. The Bertz CT molecular complexity index is 223. The van der Waals surface area contributed by atoms with Crippen molar-refractivity contribution in [1.29, 1.82) is 0 Å². The molecule has 0 aliphatic heterocycles. The molecule has 1 unspecified atom stereocenters. The van der Waals surface area contributed by atoms with Crippen LogP contribution < -0.4 is 5.32 Å². The van der Waals surface area contributed by atoms with Gasteiger partial charge in [-0.2, -0.15) is 0 Å². The standard InChI is InChI=1S/C10H17NOS/c1-3-9(11-8(2)7-12)10-5-4-6-13-10/h4-6,8-9,11-12H,3,7H2,1-2H3/t8-,9?/m0/s1. The molecule has 1 rings (SSSR count). The molecule has 2 atom stereocenters. The number of hydrogen-bond acceptors (Lipinski definition) is 3. The summed E-state index contributed by atoms with van der Waals surface area (Å²) in [6, 6.07) is 4.76. The molecule has 0 bridgehead atoms. The van der Waals surface area contributed by atoms with Crippen molar-refractivity contribution in [3.8, 4) is 0 Å². The zero-order valence-electron chi connectivity index (χ0n) is 8.16. The summed E-state index contributed by atoms with van der Waals surface area (Å²) < 4.78 is 0. The lowest BCUT2D eigenvalue weighted by Crippen LogP contribution is -2.32. The topological polar surface area (TPSA) is 32.3 Å². The van der Waals surface area contributed by atoms with Crippen LogP contribution in [-0.2, 0) is 0 Å². The van der Waals surface area contributed by atoms with Crippen molar-refractivity contribution < 1.29 is 5.11 Å². The SMILES string of the molecule is CCC(N[C@@H](C)CO)c1cccs1. The van der Waals surface area contributed by atoms with Gasteiger partial charge in [0.25, 0.3) is 0 Å². The molecule has 3 heteroatoms. The molecule has 2 nitrogen and oxygen atoms in total. The smallest absolute Gasteiger partial charge is 0.0582 e. The maximum atomic E-state index is 8.92. The van der Waals surface area contributed by atoms with Gasteiger partial charge >= 0.3 is 0 Å². The lowest BCUT2D eigenvalue weighted by molar-refractivity contribution is 0.240. The van der Waals surface area contributed by atoms with Crippen LogP contribution in [0, 0.1) is 0 Å². The second-order valence-electron chi connectivity index (χ2n) is 3.23. The second kappa shape index (κ2) is 5.37.